The van der Waals surface area contributed by atoms with Crippen LogP contribution in [0.3, 0.4) is 0 Å². The van der Waals surface area contributed by atoms with Gasteiger partial charge in [0.1, 0.15) is 18.1 Å². The highest BCUT2D eigenvalue weighted by Crippen LogP contribution is 2.43. The largest absolute Gasteiger partial charge is 0.490 e. The predicted octanol–water partition coefficient (Wildman–Crippen LogP) is 6.32. The first-order valence-electron chi connectivity index (χ1n) is 12.2. The predicted molar refractivity (Wildman–Crippen MR) is 135 cm³/mol. The molecule has 2 aromatic heterocycles. The molecule has 13 heteroatoms. The average molecular weight is 565 g/mol. The number of halogens is 5. The van der Waals surface area contributed by atoms with Crippen LogP contribution in [-0.4, -0.2) is 39.9 Å². The van der Waals surface area contributed by atoms with Crippen LogP contribution in [0.1, 0.15) is 41.3 Å². The molecule has 1 amide bonds. The minimum Gasteiger partial charge on any atom is -0.490 e. The smallest absolute Gasteiger partial charge is 0.459 e. The third-order valence-corrected chi connectivity index (χ3v) is 5.59. The lowest BCUT2D eigenvalue weighted by atomic mass is 10.2. The Hall–Kier alpha value is -4.42. The number of nitrogens with one attached hydrogen (secondary N) is 1. The molecule has 0 unspecified atom stereocenters. The third-order valence-electron chi connectivity index (χ3n) is 5.59. The van der Waals surface area contributed by atoms with E-state index in [1.54, 1.807) is 30.3 Å². The molecule has 1 N–H and O–H groups in total. The van der Waals surface area contributed by atoms with Crippen LogP contribution in [0.25, 0.3) is 5.65 Å². The molecule has 2 heterocycles. The van der Waals surface area contributed by atoms with Crippen molar-refractivity contribution in [3.05, 3.63) is 77.2 Å². The highest BCUT2D eigenvalue weighted by Gasteiger charge is 2.60. The number of aromatic nitrogens is 3. The van der Waals surface area contributed by atoms with E-state index in [9.17, 15) is 26.7 Å². The highest BCUT2D eigenvalue weighted by atomic mass is 19.4. The van der Waals surface area contributed by atoms with E-state index in [1.807, 2.05) is 26.0 Å². The van der Waals surface area contributed by atoms with Gasteiger partial charge in [0, 0.05) is 17.4 Å². The van der Waals surface area contributed by atoms with Gasteiger partial charge in [-0.1, -0.05) is 6.07 Å². The van der Waals surface area contributed by atoms with Crippen molar-refractivity contribution in [2.24, 2.45) is 0 Å². The first-order valence-corrected chi connectivity index (χ1v) is 12.2. The van der Waals surface area contributed by atoms with Crippen LogP contribution >= 0.6 is 0 Å². The van der Waals surface area contributed by atoms with Crippen LogP contribution < -0.4 is 19.5 Å². The minimum absolute atomic E-state index is 0.0896. The zero-order chi connectivity index (χ0) is 29.1. The number of carbonyl (C=O) groups excluding carboxylic acids is 1. The number of benzene rings is 2. The fourth-order valence-corrected chi connectivity index (χ4v) is 3.76. The molecular formula is C27H25F5N4O4. The molecule has 0 radical (unpaired) electrons. The molecule has 0 aliphatic carbocycles. The van der Waals surface area contributed by atoms with Crippen LogP contribution in [0, 0.1) is 6.92 Å². The molecule has 0 aliphatic heterocycles. The maximum absolute atomic E-state index is 14.1. The van der Waals surface area contributed by atoms with E-state index in [0.29, 0.717) is 46.7 Å². The Labute approximate surface area is 225 Å². The summed E-state index contributed by atoms with van der Waals surface area (Å²) >= 11 is 0. The van der Waals surface area contributed by atoms with Gasteiger partial charge < -0.3 is 19.5 Å². The van der Waals surface area contributed by atoms with Crippen LogP contribution in [-0.2, 0) is 12.5 Å². The summed E-state index contributed by atoms with van der Waals surface area (Å²) < 4.78 is 84.5. The molecule has 4 aromatic rings. The lowest BCUT2D eigenvalue weighted by Crippen LogP contribution is -2.36. The average Bonchev–Trinajstić information content (AvgIpc) is 3.33. The summed E-state index contributed by atoms with van der Waals surface area (Å²) in [6.45, 7) is 6.22. The fraction of sp³-hybridized carbons (Fsp3) is 0.296. The monoisotopic (exact) mass is 564 g/mol. The zero-order valence-corrected chi connectivity index (χ0v) is 21.7. The Balaban J connectivity index is 1.45. The van der Waals surface area contributed by atoms with Gasteiger partial charge in [-0.3, -0.25) is 4.79 Å². The second-order valence-electron chi connectivity index (χ2n) is 8.57. The molecule has 0 fully saturated rings. The van der Waals surface area contributed by atoms with Crippen molar-refractivity contribution in [2.75, 3.05) is 18.5 Å². The lowest BCUT2D eigenvalue weighted by Gasteiger charge is -2.20. The van der Waals surface area contributed by atoms with E-state index in [4.69, 9.17) is 14.2 Å². The molecule has 4 rings (SSSR count). The van der Waals surface area contributed by atoms with Gasteiger partial charge in [0.05, 0.1) is 13.2 Å². The first kappa shape index (κ1) is 28.6. The second kappa shape index (κ2) is 11.4. The van der Waals surface area contributed by atoms with Gasteiger partial charge in [0.25, 0.3) is 5.91 Å². The zero-order valence-electron chi connectivity index (χ0n) is 21.7. The van der Waals surface area contributed by atoms with Crippen molar-refractivity contribution in [1.29, 1.82) is 0 Å². The number of carbonyl (C=O) groups is 1. The minimum atomic E-state index is -5.86. The van der Waals surface area contributed by atoms with Crippen molar-refractivity contribution in [3.8, 4) is 17.2 Å². The number of aryl methyl sites for hydroxylation is 1. The normalized spacial score (nSPS) is 11.9. The summed E-state index contributed by atoms with van der Waals surface area (Å²) in [6, 6.07) is 13.4. The van der Waals surface area contributed by atoms with Crippen LogP contribution in [0.5, 0.6) is 17.2 Å². The summed E-state index contributed by atoms with van der Waals surface area (Å²) in [5.74, 6) is -4.29. The maximum Gasteiger partial charge on any atom is 0.459 e. The van der Waals surface area contributed by atoms with E-state index in [2.05, 4.69) is 15.4 Å². The number of ether oxygens (including phenoxy) is 3. The number of fused-ring (bicyclic) bond motifs is 1. The summed E-state index contributed by atoms with van der Waals surface area (Å²) in [7, 11) is 0. The second-order valence-corrected chi connectivity index (χ2v) is 8.57. The van der Waals surface area contributed by atoms with E-state index in [1.165, 1.54) is 6.92 Å². The summed E-state index contributed by atoms with van der Waals surface area (Å²) in [4.78, 5) is 16.6. The van der Waals surface area contributed by atoms with Gasteiger partial charge in [0.15, 0.2) is 22.8 Å². The number of rotatable bonds is 10. The van der Waals surface area contributed by atoms with Crippen molar-refractivity contribution >= 4 is 17.2 Å². The Morgan fingerprint density at radius 1 is 0.900 bits per heavy atom. The van der Waals surface area contributed by atoms with Crippen LogP contribution in [0.4, 0.5) is 27.6 Å². The number of hydrogen-bond donors (Lipinski definition) is 1. The third kappa shape index (κ3) is 6.08. The van der Waals surface area contributed by atoms with E-state index < -0.39 is 29.4 Å². The lowest BCUT2D eigenvalue weighted by molar-refractivity contribution is -0.291. The van der Waals surface area contributed by atoms with Crippen molar-refractivity contribution in [2.45, 2.75) is 39.5 Å². The molecule has 0 spiro atoms. The van der Waals surface area contributed by atoms with Gasteiger partial charge in [0.2, 0.25) is 0 Å². The van der Waals surface area contributed by atoms with Crippen molar-refractivity contribution < 1.29 is 41.0 Å². The van der Waals surface area contributed by atoms with E-state index >= 15 is 0 Å². The van der Waals surface area contributed by atoms with Gasteiger partial charge in [-0.05, 0) is 68.8 Å². The van der Waals surface area contributed by atoms with Crippen LogP contribution in [0.2, 0.25) is 0 Å². The Morgan fingerprint density at radius 2 is 1.57 bits per heavy atom. The summed E-state index contributed by atoms with van der Waals surface area (Å²) in [5, 5.41) is 6.19. The summed E-state index contributed by atoms with van der Waals surface area (Å²) in [5.41, 5.74) is -1.08. The van der Waals surface area contributed by atoms with Gasteiger partial charge in [-0.2, -0.15) is 27.1 Å². The molecule has 0 atom stereocenters. The number of hydrogen-bond acceptors (Lipinski definition) is 6. The molecule has 2 aromatic carbocycles. The molecule has 0 saturated carbocycles. The highest BCUT2D eigenvalue weighted by molar-refractivity contribution is 6.03. The molecule has 0 bridgehead atoms. The van der Waals surface area contributed by atoms with Gasteiger partial charge >= 0.3 is 12.1 Å². The Kier molecular flexibility index (Phi) is 8.12. The summed E-state index contributed by atoms with van der Waals surface area (Å²) in [6.07, 6.45) is -5.86. The fourth-order valence-electron chi connectivity index (χ4n) is 3.76. The SMILES string of the molecule is CCOc1ccc(COc2ccc(NC(=O)c3cc4nc(C)cc(C(F)(F)C(F)(F)F)n4n3)cc2)cc1OCC. The standard InChI is InChI=1S/C27H25F5N4O4/c1-4-38-21-11-6-17(13-22(21)39-5-2)15-40-19-9-7-18(8-10-19)34-25(37)20-14-24-33-16(3)12-23(36(24)35-20)26(28,29)27(30,31)32/h6-14H,4-5,15H2,1-3H3,(H,34,37). The van der Waals surface area contributed by atoms with Crippen molar-refractivity contribution in [1.82, 2.24) is 14.6 Å². The first-order chi connectivity index (χ1) is 18.9. The number of amides is 1. The topological polar surface area (TPSA) is 87.0 Å². The Bertz CT molecular complexity index is 1500. The number of anilines is 1. The molecule has 212 valence electrons. The molecule has 0 aliphatic rings. The van der Waals surface area contributed by atoms with Crippen molar-refractivity contribution in [3.63, 3.8) is 0 Å². The number of nitrogens with zero attached hydrogens (tertiary/aromatic N) is 3. The molecule has 0 saturated heterocycles. The van der Waals surface area contributed by atoms with E-state index in [-0.39, 0.29) is 17.9 Å². The molecule has 40 heavy (non-hydrogen) atoms. The Morgan fingerprint density at radius 3 is 2.23 bits per heavy atom. The quantitative estimate of drug-likeness (QED) is 0.227. The van der Waals surface area contributed by atoms with E-state index in [0.717, 1.165) is 11.6 Å². The number of alkyl halides is 5. The molecular weight excluding hydrogens is 539 g/mol. The molecule has 8 nitrogen and oxygen atoms in total. The van der Waals surface area contributed by atoms with Gasteiger partial charge in [-0.25, -0.2) is 9.50 Å². The van der Waals surface area contributed by atoms with Crippen LogP contribution in [0.15, 0.2) is 54.6 Å². The van der Waals surface area contributed by atoms with Gasteiger partial charge in [-0.15, -0.1) is 0 Å². The maximum atomic E-state index is 14.1.